The fourth-order valence-corrected chi connectivity index (χ4v) is 3.12. The van der Waals surface area contributed by atoms with Gasteiger partial charge in [-0.25, -0.2) is 0 Å². The number of aromatic nitrogens is 2. The molecule has 3 nitrogen and oxygen atoms in total. The first-order valence-electron chi connectivity index (χ1n) is 6.26. The standard InChI is InChI=1S/C14H15Br2ClN2O/c1-3-19-12(13(17)9(2)18-19)8-20-14-10(7-15)5-4-6-11(14)16/h4-6H,3,7-8H2,1-2H3. The number of ether oxygens (including phenoxy) is 1. The van der Waals surface area contributed by atoms with E-state index in [1.807, 2.05) is 36.7 Å². The highest BCUT2D eigenvalue weighted by Gasteiger charge is 2.15. The molecular weight excluding hydrogens is 407 g/mol. The predicted molar refractivity (Wildman–Crippen MR) is 88.8 cm³/mol. The quantitative estimate of drug-likeness (QED) is 0.627. The number of hydrogen-bond donors (Lipinski definition) is 0. The van der Waals surface area contributed by atoms with E-state index < -0.39 is 0 Å². The predicted octanol–water partition coefficient (Wildman–Crippen LogP) is 5.10. The topological polar surface area (TPSA) is 27.1 Å². The summed E-state index contributed by atoms with van der Waals surface area (Å²) < 4.78 is 8.77. The number of aryl methyl sites for hydroxylation is 2. The van der Waals surface area contributed by atoms with Gasteiger partial charge in [0.25, 0.3) is 0 Å². The van der Waals surface area contributed by atoms with Crippen molar-refractivity contribution in [2.45, 2.75) is 32.3 Å². The van der Waals surface area contributed by atoms with Crippen molar-refractivity contribution in [3.63, 3.8) is 0 Å². The molecular formula is C14H15Br2ClN2O. The SMILES string of the molecule is CCn1nc(C)c(Cl)c1COc1c(Br)cccc1CBr. The molecule has 108 valence electrons. The second kappa shape index (κ2) is 6.96. The van der Waals surface area contributed by atoms with E-state index in [-0.39, 0.29) is 0 Å². The molecule has 0 saturated carbocycles. The first-order valence-corrected chi connectivity index (χ1v) is 8.55. The Kier molecular flexibility index (Phi) is 5.52. The molecule has 0 bridgehead atoms. The van der Waals surface area contributed by atoms with Crippen molar-refractivity contribution in [2.24, 2.45) is 0 Å². The Morgan fingerprint density at radius 2 is 2.15 bits per heavy atom. The van der Waals surface area contributed by atoms with E-state index in [1.54, 1.807) is 0 Å². The first-order chi connectivity index (χ1) is 9.58. The summed E-state index contributed by atoms with van der Waals surface area (Å²) in [6.45, 7) is 5.11. The van der Waals surface area contributed by atoms with Crippen LogP contribution >= 0.6 is 43.5 Å². The van der Waals surface area contributed by atoms with Crippen LogP contribution in [0, 0.1) is 6.92 Å². The summed E-state index contributed by atoms with van der Waals surface area (Å²) in [6, 6.07) is 5.98. The smallest absolute Gasteiger partial charge is 0.138 e. The van der Waals surface area contributed by atoms with Crippen LogP contribution in [0.1, 0.15) is 23.9 Å². The van der Waals surface area contributed by atoms with Crippen molar-refractivity contribution in [1.82, 2.24) is 9.78 Å². The lowest BCUT2D eigenvalue weighted by molar-refractivity contribution is 0.288. The molecule has 20 heavy (non-hydrogen) atoms. The Hall–Kier alpha value is -0.520. The Morgan fingerprint density at radius 3 is 2.80 bits per heavy atom. The van der Waals surface area contributed by atoms with E-state index in [9.17, 15) is 0 Å². The van der Waals surface area contributed by atoms with Crippen molar-refractivity contribution in [3.8, 4) is 5.75 Å². The number of rotatable bonds is 5. The minimum Gasteiger partial charge on any atom is -0.486 e. The van der Waals surface area contributed by atoms with Crippen LogP contribution in [-0.2, 0) is 18.5 Å². The molecule has 0 aliphatic carbocycles. The summed E-state index contributed by atoms with van der Waals surface area (Å²) in [6.07, 6.45) is 0. The van der Waals surface area contributed by atoms with Gasteiger partial charge in [0.2, 0.25) is 0 Å². The zero-order chi connectivity index (χ0) is 14.7. The van der Waals surface area contributed by atoms with Crippen molar-refractivity contribution in [1.29, 1.82) is 0 Å². The minimum absolute atomic E-state index is 0.399. The fraction of sp³-hybridized carbons (Fsp3) is 0.357. The third-order valence-corrected chi connectivity index (χ3v) is 4.72. The van der Waals surface area contributed by atoms with Crippen LogP contribution in [0.2, 0.25) is 5.02 Å². The molecule has 1 aromatic carbocycles. The van der Waals surface area contributed by atoms with Crippen LogP contribution in [0.3, 0.4) is 0 Å². The normalized spacial score (nSPS) is 10.8. The van der Waals surface area contributed by atoms with Crippen LogP contribution < -0.4 is 4.74 Å². The van der Waals surface area contributed by atoms with Crippen molar-refractivity contribution < 1.29 is 4.74 Å². The molecule has 0 fully saturated rings. The number of halogens is 3. The summed E-state index contributed by atoms with van der Waals surface area (Å²) in [5.41, 5.74) is 2.83. The maximum atomic E-state index is 6.29. The lowest BCUT2D eigenvalue weighted by Crippen LogP contribution is -2.07. The molecule has 2 rings (SSSR count). The molecule has 0 spiro atoms. The van der Waals surface area contributed by atoms with Crippen molar-refractivity contribution >= 4 is 43.5 Å². The summed E-state index contributed by atoms with van der Waals surface area (Å²) in [5.74, 6) is 0.835. The number of nitrogens with zero attached hydrogens (tertiary/aromatic N) is 2. The lowest BCUT2D eigenvalue weighted by atomic mass is 10.2. The molecule has 2 aromatic rings. The first kappa shape index (κ1) is 15.9. The van der Waals surface area contributed by atoms with Crippen molar-refractivity contribution in [2.75, 3.05) is 0 Å². The third-order valence-electron chi connectivity index (χ3n) is 3.00. The molecule has 0 saturated heterocycles. The summed E-state index contributed by atoms with van der Waals surface area (Å²) >= 11 is 13.3. The number of alkyl halides is 1. The molecule has 0 aliphatic rings. The van der Waals surface area contributed by atoms with Crippen LogP contribution in [-0.4, -0.2) is 9.78 Å². The highest BCUT2D eigenvalue weighted by atomic mass is 79.9. The Balaban J connectivity index is 2.25. The largest absolute Gasteiger partial charge is 0.486 e. The van der Waals surface area contributed by atoms with Gasteiger partial charge in [0.1, 0.15) is 12.4 Å². The minimum atomic E-state index is 0.399. The number of hydrogen-bond acceptors (Lipinski definition) is 2. The lowest BCUT2D eigenvalue weighted by Gasteiger charge is -2.13. The van der Waals surface area contributed by atoms with Gasteiger partial charge in [0, 0.05) is 17.4 Å². The van der Waals surface area contributed by atoms with Crippen LogP contribution in [0.25, 0.3) is 0 Å². The van der Waals surface area contributed by atoms with Gasteiger partial charge in [-0.3, -0.25) is 4.68 Å². The van der Waals surface area contributed by atoms with Gasteiger partial charge in [-0.05, 0) is 35.8 Å². The van der Waals surface area contributed by atoms with E-state index in [2.05, 4.69) is 37.0 Å². The van der Waals surface area contributed by atoms with Gasteiger partial charge in [-0.1, -0.05) is 39.7 Å². The average molecular weight is 423 g/mol. The zero-order valence-electron chi connectivity index (χ0n) is 11.3. The van der Waals surface area contributed by atoms with E-state index in [0.29, 0.717) is 11.6 Å². The van der Waals surface area contributed by atoms with Gasteiger partial charge in [0.15, 0.2) is 0 Å². The van der Waals surface area contributed by atoms with E-state index in [4.69, 9.17) is 16.3 Å². The Bertz CT molecular complexity index is 613. The molecule has 0 unspecified atom stereocenters. The van der Waals surface area contributed by atoms with Gasteiger partial charge in [0.05, 0.1) is 20.9 Å². The van der Waals surface area contributed by atoms with Gasteiger partial charge < -0.3 is 4.74 Å². The molecule has 0 radical (unpaired) electrons. The van der Waals surface area contributed by atoms with Gasteiger partial charge in [-0.15, -0.1) is 0 Å². The third kappa shape index (κ3) is 3.21. The summed E-state index contributed by atoms with van der Waals surface area (Å²) in [4.78, 5) is 0. The highest BCUT2D eigenvalue weighted by Crippen LogP contribution is 2.32. The van der Waals surface area contributed by atoms with Crippen LogP contribution in [0.5, 0.6) is 5.75 Å². The second-order valence-corrected chi connectivity index (χ2v) is 6.11. The van der Waals surface area contributed by atoms with Crippen LogP contribution in [0.4, 0.5) is 0 Å². The molecule has 0 amide bonds. The zero-order valence-corrected chi connectivity index (χ0v) is 15.2. The molecule has 0 atom stereocenters. The maximum absolute atomic E-state index is 6.29. The number of para-hydroxylation sites is 1. The Labute approximate surface area is 140 Å². The Morgan fingerprint density at radius 1 is 1.40 bits per heavy atom. The van der Waals surface area contributed by atoms with E-state index >= 15 is 0 Å². The average Bonchev–Trinajstić information content (AvgIpc) is 2.72. The molecule has 0 N–H and O–H groups in total. The maximum Gasteiger partial charge on any atom is 0.138 e. The summed E-state index contributed by atoms with van der Waals surface area (Å²) in [5, 5.41) is 5.81. The summed E-state index contributed by atoms with van der Waals surface area (Å²) in [7, 11) is 0. The molecule has 0 aliphatic heterocycles. The molecule has 1 aromatic heterocycles. The number of benzene rings is 1. The van der Waals surface area contributed by atoms with Gasteiger partial charge >= 0.3 is 0 Å². The fourth-order valence-electron chi connectivity index (χ4n) is 1.97. The van der Waals surface area contributed by atoms with Crippen LogP contribution in [0.15, 0.2) is 22.7 Å². The van der Waals surface area contributed by atoms with E-state index in [0.717, 1.165) is 39.0 Å². The second-order valence-electron chi connectivity index (χ2n) is 4.31. The monoisotopic (exact) mass is 420 g/mol. The van der Waals surface area contributed by atoms with Gasteiger partial charge in [-0.2, -0.15) is 5.10 Å². The van der Waals surface area contributed by atoms with Crippen molar-refractivity contribution in [3.05, 3.63) is 44.6 Å². The molecule has 1 heterocycles. The van der Waals surface area contributed by atoms with E-state index in [1.165, 1.54) is 0 Å². The molecule has 6 heteroatoms. The highest BCUT2D eigenvalue weighted by molar-refractivity contribution is 9.10.